The lowest BCUT2D eigenvalue weighted by atomic mass is 9.80. The van der Waals surface area contributed by atoms with Crippen molar-refractivity contribution in [2.45, 2.75) is 82.3 Å². The summed E-state index contributed by atoms with van der Waals surface area (Å²) in [6.45, 7) is 7.04. The molecule has 0 spiro atoms. The molecular weight excluding hydrogens is 674 g/mol. The molecule has 3 aromatic rings. The first-order valence-electron chi connectivity index (χ1n) is 19.5. The quantitative estimate of drug-likeness (QED) is 0.0878. The van der Waals surface area contributed by atoms with E-state index in [0.717, 1.165) is 73.9 Å². The number of quaternary nitrogens is 1. The third-order valence-electron chi connectivity index (χ3n) is 12.4. The maximum atomic E-state index is 12.1. The molecule has 1 aliphatic carbocycles. The number of aromatic hydroxyl groups is 1. The van der Waals surface area contributed by atoms with Crippen LogP contribution in [-0.2, 0) is 21.7 Å². The number of nitrogens with one attached hydrogen (secondary N) is 2. The van der Waals surface area contributed by atoms with Gasteiger partial charge in [-0.1, -0.05) is 49.2 Å². The summed E-state index contributed by atoms with van der Waals surface area (Å²) in [5, 5.41) is 49.4. The van der Waals surface area contributed by atoms with Gasteiger partial charge in [0.1, 0.15) is 35.5 Å². The van der Waals surface area contributed by atoms with E-state index in [9.17, 15) is 25.2 Å². The highest BCUT2D eigenvalue weighted by Crippen LogP contribution is 2.43. The fourth-order valence-corrected chi connectivity index (χ4v) is 9.22. The van der Waals surface area contributed by atoms with Gasteiger partial charge in [0, 0.05) is 55.0 Å². The molecule has 0 aromatic heterocycles. The summed E-state index contributed by atoms with van der Waals surface area (Å²) in [6, 6.07) is 18.6. The van der Waals surface area contributed by atoms with Crippen LogP contribution in [0.4, 0.5) is 5.69 Å². The van der Waals surface area contributed by atoms with Gasteiger partial charge in [-0.05, 0) is 55.0 Å². The topological polar surface area (TPSA) is 150 Å². The van der Waals surface area contributed by atoms with Gasteiger partial charge < -0.3 is 49.8 Å². The van der Waals surface area contributed by atoms with Gasteiger partial charge in [0.2, 0.25) is 0 Å². The fraction of sp³-hybridized carbons (Fsp3) is 0.548. The lowest BCUT2D eigenvalue weighted by molar-refractivity contribution is -0.946. The van der Waals surface area contributed by atoms with Crippen molar-refractivity contribution in [2.75, 3.05) is 57.9 Å². The van der Waals surface area contributed by atoms with Crippen LogP contribution >= 0.6 is 0 Å². The number of piperidine rings is 3. The van der Waals surface area contributed by atoms with Crippen molar-refractivity contribution in [2.24, 2.45) is 11.8 Å². The van der Waals surface area contributed by atoms with Gasteiger partial charge in [-0.3, -0.25) is 4.79 Å². The maximum absolute atomic E-state index is 12.1. The Hall–Kier alpha value is -3.71. The van der Waals surface area contributed by atoms with Crippen molar-refractivity contribution in [3.8, 4) is 17.2 Å². The summed E-state index contributed by atoms with van der Waals surface area (Å²) < 4.78 is 19.6. The number of carbonyl (C=O) groups excluding carboxylic acids is 1. The van der Waals surface area contributed by atoms with Crippen molar-refractivity contribution < 1.29 is 43.9 Å². The molecule has 8 rings (SSSR count). The number of aliphatic hydroxyl groups is 3. The molecule has 3 aromatic carbocycles. The predicted molar refractivity (Wildman–Crippen MR) is 201 cm³/mol. The molecule has 4 fully saturated rings. The number of amides is 1. The number of anilines is 1. The Balaban J connectivity index is 0.903. The van der Waals surface area contributed by atoms with Crippen LogP contribution in [0.1, 0.15) is 86.3 Å². The number of benzene rings is 3. The second-order valence-electron chi connectivity index (χ2n) is 15.8. The first-order valence-corrected chi connectivity index (χ1v) is 19.5. The van der Waals surface area contributed by atoms with Crippen LogP contribution in [0, 0.1) is 11.8 Å². The first kappa shape index (κ1) is 37.6. The summed E-state index contributed by atoms with van der Waals surface area (Å²) in [4.78, 5) is 11.7. The van der Waals surface area contributed by atoms with E-state index in [1.54, 1.807) is 0 Å². The number of ether oxygens (including phenoxy) is 3. The van der Waals surface area contributed by atoms with Crippen LogP contribution in [0.2, 0.25) is 0 Å². The first-order chi connectivity index (χ1) is 25.7. The standard InChI is InChI=1S/C42H55N3O8/c1-28(43-23-37(48)35-21-34(47)22-36-41(35)52-26-40(49)44-36)30-12-13-38(31(20-30)25-46)51-19-7-16-45-17-14-29(15-18-45)39(24-45)53-27-42(50,33-10-5-6-11-33)32-8-3-2-4-9-32/h2-4,8-9,12-13,20-22,28-29,33,37,39,43,46,48,50H,5-7,10-11,14-19,23-27H2,1H3,(H-,44,47,49)/p+1/t28-,29?,37+,39+,42-,45?/m1/s1. The van der Waals surface area contributed by atoms with E-state index in [2.05, 4.69) is 22.8 Å². The highest BCUT2D eigenvalue weighted by atomic mass is 16.5. The molecule has 4 atom stereocenters. The average molecular weight is 731 g/mol. The third kappa shape index (κ3) is 8.35. The van der Waals surface area contributed by atoms with Crippen LogP contribution in [-0.4, -0.2) is 89.5 Å². The van der Waals surface area contributed by atoms with Crippen molar-refractivity contribution in [3.63, 3.8) is 0 Å². The van der Waals surface area contributed by atoms with Gasteiger partial charge in [0.15, 0.2) is 6.61 Å². The Kier molecular flexibility index (Phi) is 11.6. The molecule has 3 saturated heterocycles. The van der Waals surface area contributed by atoms with E-state index in [1.165, 1.54) is 25.0 Å². The summed E-state index contributed by atoms with van der Waals surface area (Å²) in [5.41, 5.74) is 2.39. The number of fused-ring (bicyclic) bond motifs is 4. The zero-order valence-electron chi connectivity index (χ0n) is 30.8. The number of phenolic OH excluding ortho intramolecular Hbond substituents is 1. The summed E-state index contributed by atoms with van der Waals surface area (Å²) in [6.07, 6.45) is 6.79. The number of nitrogens with zero attached hydrogens (tertiary/aromatic N) is 1. The molecule has 286 valence electrons. The monoisotopic (exact) mass is 730 g/mol. The van der Waals surface area contributed by atoms with E-state index >= 15 is 0 Å². The highest BCUT2D eigenvalue weighted by molar-refractivity contribution is 5.96. The largest absolute Gasteiger partial charge is 0.508 e. The normalized spacial score (nSPS) is 24.9. The number of rotatable bonds is 16. The van der Waals surface area contributed by atoms with Gasteiger partial charge in [0.25, 0.3) is 5.91 Å². The predicted octanol–water partition coefficient (Wildman–Crippen LogP) is 5.07. The molecule has 11 nitrogen and oxygen atoms in total. The maximum Gasteiger partial charge on any atom is 0.262 e. The van der Waals surface area contributed by atoms with Crippen molar-refractivity contribution in [1.29, 1.82) is 0 Å². The zero-order valence-corrected chi connectivity index (χ0v) is 30.8. The van der Waals surface area contributed by atoms with Gasteiger partial charge in [0.05, 0.1) is 51.2 Å². The second-order valence-corrected chi connectivity index (χ2v) is 15.8. The molecular formula is C42H56N3O8+. The summed E-state index contributed by atoms with van der Waals surface area (Å²) in [5.74, 6) is 1.41. The summed E-state index contributed by atoms with van der Waals surface area (Å²) >= 11 is 0. The van der Waals surface area contributed by atoms with E-state index in [4.69, 9.17) is 14.2 Å². The average Bonchev–Trinajstić information content (AvgIpc) is 3.74. The Bertz CT molecular complexity index is 1710. The Labute approximate surface area is 312 Å². The number of phenols is 1. The SMILES string of the molecule is C[C@@H](NC[C@H](O)c1cc(O)cc2c1OCC(=O)N2)c1ccc(OCCC[N+]23CCC(CC2)[C@@H](OC[C@@](O)(c2ccccc2)C2CCCC2)C3)c(CO)c1. The molecule has 0 unspecified atom stereocenters. The van der Waals surface area contributed by atoms with Gasteiger partial charge in [-0.15, -0.1) is 0 Å². The smallest absolute Gasteiger partial charge is 0.262 e. The number of carbonyl (C=O) groups is 1. The van der Waals surface area contributed by atoms with Crippen LogP contribution < -0.4 is 20.1 Å². The number of hydrogen-bond donors (Lipinski definition) is 6. The van der Waals surface area contributed by atoms with E-state index in [1.807, 2.05) is 43.3 Å². The summed E-state index contributed by atoms with van der Waals surface area (Å²) in [7, 11) is 0. The molecule has 4 heterocycles. The van der Waals surface area contributed by atoms with Crippen molar-refractivity contribution in [3.05, 3.63) is 82.9 Å². The van der Waals surface area contributed by atoms with Crippen LogP contribution in [0.15, 0.2) is 60.7 Å². The van der Waals surface area contributed by atoms with Crippen molar-refractivity contribution in [1.82, 2.24) is 5.32 Å². The Morgan fingerprint density at radius 3 is 2.58 bits per heavy atom. The lowest BCUT2D eigenvalue weighted by Crippen LogP contribution is -2.65. The Morgan fingerprint density at radius 2 is 1.83 bits per heavy atom. The minimum absolute atomic E-state index is 0.0785. The molecule has 53 heavy (non-hydrogen) atoms. The molecule has 11 heteroatoms. The molecule has 1 amide bonds. The fourth-order valence-electron chi connectivity index (χ4n) is 9.22. The van der Waals surface area contributed by atoms with Crippen molar-refractivity contribution >= 4 is 11.6 Å². The zero-order chi connectivity index (χ0) is 37.0. The third-order valence-corrected chi connectivity index (χ3v) is 12.4. The molecule has 6 N–H and O–H groups in total. The minimum Gasteiger partial charge on any atom is -0.508 e. The van der Waals surface area contributed by atoms with E-state index in [-0.39, 0.29) is 49.5 Å². The van der Waals surface area contributed by atoms with Crippen LogP contribution in [0.5, 0.6) is 17.2 Å². The minimum atomic E-state index is -0.999. The number of aliphatic hydroxyl groups excluding tert-OH is 2. The molecule has 5 aliphatic rings. The second kappa shape index (κ2) is 16.3. The van der Waals surface area contributed by atoms with Gasteiger partial charge in [-0.25, -0.2) is 0 Å². The van der Waals surface area contributed by atoms with Gasteiger partial charge in [-0.2, -0.15) is 0 Å². The lowest BCUT2D eigenvalue weighted by Gasteiger charge is -2.53. The molecule has 4 aliphatic heterocycles. The number of hydrogen-bond acceptors (Lipinski definition) is 9. The van der Waals surface area contributed by atoms with E-state index in [0.29, 0.717) is 47.4 Å². The molecule has 0 radical (unpaired) electrons. The van der Waals surface area contributed by atoms with E-state index < -0.39 is 11.7 Å². The molecule has 2 bridgehead atoms. The van der Waals surface area contributed by atoms with Gasteiger partial charge >= 0.3 is 0 Å². The molecule has 1 saturated carbocycles. The van der Waals surface area contributed by atoms with Crippen LogP contribution in [0.3, 0.4) is 0 Å². The highest BCUT2D eigenvalue weighted by Gasteiger charge is 2.48. The Morgan fingerprint density at radius 1 is 1.06 bits per heavy atom. The van der Waals surface area contributed by atoms with Crippen LogP contribution in [0.25, 0.3) is 0 Å².